The first-order valence-electron chi connectivity index (χ1n) is 20.8. The van der Waals surface area contributed by atoms with Crippen LogP contribution in [-0.2, 0) is 5.41 Å². The summed E-state index contributed by atoms with van der Waals surface area (Å²) in [5.74, 6) is 0.884. The average Bonchev–Trinajstić information content (AvgIpc) is 3.89. The Labute approximate surface area is 348 Å². The molecule has 12 rings (SSSR count). The van der Waals surface area contributed by atoms with Crippen molar-refractivity contribution >= 4 is 60.5 Å². The minimum absolute atomic E-state index is 0.169. The molecule has 9 aromatic carbocycles. The highest BCUT2D eigenvalue weighted by Crippen LogP contribution is 2.52. The third-order valence-electron chi connectivity index (χ3n) is 13.2. The lowest BCUT2D eigenvalue weighted by molar-refractivity contribution is 0.580. The van der Waals surface area contributed by atoms with Crippen molar-refractivity contribution in [2.75, 3.05) is 0 Å². The Morgan fingerprint density at radius 3 is 1.70 bits per heavy atom. The summed E-state index contributed by atoms with van der Waals surface area (Å²) < 4.78 is 12.7. The monoisotopic (exact) mass is 768 g/mol. The molecule has 0 aliphatic heterocycles. The molecule has 0 atom stereocenters. The Bertz CT molecular complexity index is 3540. The van der Waals surface area contributed by atoms with Gasteiger partial charge in [0.15, 0.2) is 0 Å². The molecule has 0 radical (unpaired) electrons. The zero-order valence-electron chi connectivity index (χ0n) is 33.8. The van der Waals surface area contributed by atoms with Crippen LogP contribution < -0.4 is 0 Å². The van der Waals surface area contributed by atoms with Crippen molar-refractivity contribution in [3.05, 3.63) is 199 Å². The highest BCUT2D eigenvalue weighted by atomic mass is 16.3. The van der Waals surface area contributed by atoms with Gasteiger partial charge in [-0.1, -0.05) is 154 Å². The van der Waals surface area contributed by atoms with Gasteiger partial charge in [-0.3, -0.25) is 0 Å². The predicted octanol–water partition coefficient (Wildman–Crippen LogP) is 16.6. The van der Waals surface area contributed by atoms with E-state index in [2.05, 4.69) is 178 Å². The topological polar surface area (TPSA) is 26.3 Å². The van der Waals surface area contributed by atoms with E-state index in [1.807, 2.05) is 25.1 Å². The van der Waals surface area contributed by atoms with Crippen molar-refractivity contribution in [3.8, 4) is 55.6 Å². The predicted molar refractivity (Wildman–Crippen MR) is 253 cm³/mol. The molecule has 0 N–H and O–H groups in total. The third-order valence-corrected chi connectivity index (χ3v) is 13.2. The first-order chi connectivity index (χ1) is 29.4. The summed E-state index contributed by atoms with van der Waals surface area (Å²) in [6.07, 6.45) is 1.94. The number of furan rings is 2. The second-order valence-electron chi connectivity index (χ2n) is 16.8. The van der Waals surface area contributed by atoms with Crippen LogP contribution in [-0.4, -0.2) is 0 Å². The van der Waals surface area contributed by atoms with Crippen LogP contribution in [0.2, 0.25) is 0 Å². The van der Waals surface area contributed by atoms with E-state index in [1.165, 1.54) is 71.6 Å². The highest BCUT2D eigenvalue weighted by molar-refractivity contribution is 6.21. The summed E-state index contributed by atoms with van der Waals surface area (Å²) in [7, 11) is 0. The molecule has 11 aromatic rings. The molecular weight excluding hydrogens is 729 g/mol. The molecule has 0 unspecified atom stereocenters. The quantitative estimate of drug-likeness (QED) is 0.163. The summed E-state index contributed by atoms with van der Waals surface area (Å²) >= 11 is 0. The maximum absolute atomic E-state index is 6.55. The van der Waals surface area contributed by atoms with Gasteiger partial charge in [-0.2, -0.15) is 0 Å². The van der Waals surface area contributed by atoms with Gasteiger partial charge in [0.25, 0.3) is 0 Å². The zero-order chi connectivity index (χ0) is 40.3. The average molecular weight is 769 g/mol. The Morgan fingerprint density at radius 1 is 0.400 bits per heavy atom. The molecule has 0 saturated carbocycles. The lowest BCUT2D eigenvalue weighted by atomic mass is 9.81. The van der Waals surface area contributed by atoms with Crippen molar-refractivity contribution in [2.45, 2.75) is 26.2 Å². The molecule has 2 heteroatoms. The summed E-state index contributed by atoms with van der Waals surface area (Å²) in [5.41, 5.74) is 18.4. The van der Waals surface area contributed by atoms with E-state index in [0.717, 1.165) is 60.9 Å². The standard InChI is InChI=1S/C58H40O2/c1-5-35-29-49-48-30-37(25-28-53(48)60-54(49)33-46(35)55-34(2)59-52-22-14-13-21-45(52)55)38-23-26-40-47-31-39(24-27-50(47)58(3,4)51(40)32-38)57-43-19-11-9-17-41(43)56(36-15-7-6-8-16-36)42-18-10-12-20-44(42)57/h5-33H,1H2,2-4H3. The fourth-order valence-electron chi connectivity index (χ4n) is 10.4. The van der Waals surface area contributed by atoms with Gasteiger partial charge in [-0.25, -0.2) is 0 Å². The Balaban J connectivity index is 0.974. The molecule has 284 valence electrons. The molecule has 1 aliphatic carbocycles. The Morgan fingerprint density at radius 2 is 0.983 bits per heavy atom. The number of benzene rings is 9. The van der Waals surface area contributed by atoms with Crippen LogP contribution in [0.3, 0.4) is 0 Å². The fraction of sp³-hybridized carbons (Fsp3) is 0.0690. The van der Waals surface area contributed by atoms with Crippen molar-refractivity contribution in [3.63, 3.8) is 0 Å². The molecule has 0 amide bonds. The second kappa shape index (κ2) is 12.8. The molecule has 2 heterocycles. The van der Waals surface area contributed by atoms with Gasteiger partial charge in [0.2, 0.25) is 0 Å². The SMILES string of the molecule is C=Cc1cc2c(cc1-c1c(C)oc3ccccc13)oc1ccc(-c3ccc4c(c3)C(C)(C)c3ccc(-c5c6ccccc6c(-c6ccccc6)c6ccccc56)cc3-4)cc12. The second-order valence-corrected chi connectivity index (χ2v) is 16.8. The zero-order valence-corrected chi connectivity index (χ0v) is 33.8. The molecule has 1 aliphatic rings. The Kier molecular flexibility index (Phi) is 7.38. The van der Waals surface area contributed by atoms with Gasteiger partial charge in [0.05, 0.1) is 0 Å². The van der Waals surface area contributed by atoms with Gasteiger partial charge in [-0.15, -0.1) is 0 Å². The molecular formula is C58H40O2. The summed E-state index contributed by atoms with van der Waals surface area (Å²) in [5, 5.41) is 8.35. The molecule has 0 spiro atoms. The minimum Gasteiger partial charge on any atom is -0.461 e. The minimum atomic E-state index is -0.169. The number of aryl methyl sites for hydroxylation is 1. The molecule has 0 fully saturated rings. The van der Waals surface area contributed by atoms with Crippen LogP contribution in [0.1, 0.15) is 36.3 Å². The Hall–Kier alpha value is -7.42. The van der Waals surface area contributed by atoms with Crippen molar-refractivity contribution in [1.82, 2.24) is 0 Å². The van der Waals surface area contributed by atoms with Crippen LogP contribution in [0.5, 0.6) is 0 Å². The van der Waals surface area contributed by atoms with Crippen molar-refractivity contribution in [1.29, 1.82) is 0 Å². The van der Waals surface area contributed by atoms with Crippen LogP contribution in [0.25, 0.3) is 116 Å². The molecule has 2 aromatic heterocycles. The van der Waals surface area contributed by atoms with Crippen LogP contribution in [0.15, 0.2) is 185 Å². The van der Waals surface area contributed by atoms with E-state index in [0.29, 0.717) is 0 Å². The first-order valence-corrected chi connectivity index (χ1v) is 20.8. The normalized spacial score (nSPS) is 13.1. The van der Waals surface area contributed by atoms with Crippen LogP contribution >= 0.6 is 0 Å². The third kappa shape index (κ3) is 4.94. The maximum atomic E-state index is 6.55. The smallest absolute Gasteiger partial charge is 0.136 e. The number of fused-ring (bicyclic) bond motifs is 9. The molecule has 2 nitrogen and oxygen atoms in total. The lowest BCUT2D eigenvalue weighted by Crippen LogP contribution is -2.15. The fourth-order valence-corrected chi connectivity index (χ4v) is 10.4. The van der Waals surface area contributed by atoms with Crippen molar-refractivity contribution in [2.24, 2.45) is 0 Å². The number of hydrogen-bond donors (Lipinski definition) is 0. The summed E-state index contributed by atoms with van der Waals surface area (Å²) in [6, 6.07) is 62.0. The van der Waals surface area contributed by atoms with Gasteiger partial charge in [0.1, 0.15) is 22.5 Å². The first kappa shape index (κ1) is 34.6. The number of hydrogen-bond acceptors (Lipinski definition) is 2. The largest absolute Gasteiger partial charge is 0.461 e. The van der Waals surface area contributed by atoms with E-state index in [9.17, 15) is 0 Å². The molecule has 60 heavy (non-hydrogen) atoms. The maximum Gasteiger partial charge on any atom is 0.136 e. The highest BCUT2D eigenvalue weighted by Gasteiger charge is 2.36. The van der Waals surface area contributed by atoms with Gasteiger partial charge >= 0.3 is 0 Å². The van der Waals surface area contributed by atoms with E-state index in [4.69, 9.17) is 8.83 Å². The van der Waals surface area contributed by atoms with Gasteiger partial charge < -0.3 is 8.83 Å². The van der Waals surface area contributed by atoms with Crippen LogP contribution in [0, 0.1) is 6.92 Å². The number of para-hydroxylation sites is 1. The number of rotatable bonds is 5. The van der Waals surface area contributed by atoms with E-state index in [1.54, 1.807) is 0 Å². The summed E-state index contributed by atoms with van der Waals surface area (Å²) in [4.78, 5) is 0. The molecule has 0 bridgehead atoms. The van der Waals surface area contributed by atoms with Gasteiger partial charge in [-0.05, 0) is 138 Å². The van der Waals surface area contributed by atoms with E-state index < -0.39 is 0 Å². The van der Waals surface area contributed by atoms with E-state index in [-0.39, 0.29) is 5.41 Å². The lowest BCUT2D eigenvalue weighted by Gasteiger charge is -2.22. The van der Waals surface area contributed by atoms with E-state index >= 15 is 0 Å². The van der Waals surface area contributed by atoms with Crippen molar-refractivity contribution < 1.29 is 8.83 Å². The van der Waals surface area contributed by atoms with Crippen LogP contribution in [0.4, 0.5) is 0 Å². The van der Waals surface area contributed by atoms with Gasteiger partial charge in [0, 0.05) is 27.1 Å². The molecule has 0 saturated heterocycles. The summed E-state index contributed by atoms with van der Waals surface area (Å²) in [6.45, 7) is 11.0.